The molecule has 2 aromatic carbocycles. The first kappa shape index (κ1) is 15.6. The lowest BCUT2D eigenvalue weighted by atomic mass is 10.2. The average molecular weight is 310 g/mol. The third-order valence-electron chi connectivity index (χ3n) is 2.98. The van der Waals surface area contributed by atoms with Gasteiger partial charge < -0.3 is 15.2 Å². The maximum atomic E-state index is 13.5. The molecule has 21 heavy (non-hydrogen) atoms. The van der Waals surface area contributed by atoms with Crippen molar-refractivity contribution in [3.05, 3.63) is 58.9 Å². The van der Waals surface area contributed by atoms with Gasteiger partial charge in [0.15, 0.2) is 0 Å². The molecule has 1 unspecified atom stereocenters. The summed E-state index contributed by atoms with van der Waals surface area (Å²) in [6.07, 6.45) is -0.750. The van der Waals surface area contributed by atoms with E-state index in [2.05, 4.69) is 5.32 Å². The van der Waals surface area contributed by atoms with Gasteiger partial charge in [0.05, 0.1) is 5.69 Å². The first-order chi connectivity index (χ1) is 10.1. The van der Waals surface area contributed by atoms with E-state index in [1.165, 1.54) is 12.1 Å². The quantitative estimate of drug-likeness (QED) is 0.856. The van der Waals surface area contributed by atoms with Crippen LogP contribution in [0.2, 0.25) is 5.02 Å². The number of hydrogen-bond donors (Lipinski definition) is 2. The summed E-state index contributed by atoms with van der Waals surface area (Å²) in [7, 11) is 0. The number of benzene rings is 2. The molecule has 3 nitrogen and oxygen atoms in total. The molecule has 0 aliphatic rings. The van der Waals surface area contributed by atoms with Gasteiger partial charge in [-0.2, -0.15) is 0 Å². The van der Waals surface area contributed by atoms with Crippen LogP contribution in [-0.2, 0) is 0 Å². The molecule has 0 radical (unpaired) electrons. The number of aryl methyl sites for hydroxylation is 1. The van der Waals surface area contributed by atoms with Crippen LogP contribution in [0.5, 0.6) is 5.75 Å². The predicted molar refractivity (Wildman–Crippen MR) is 82.6 cm³/mol. The summed E-state index contributed by atoms with van der Waals surface area (Å²) in [6.45, 7) is 2.25. The lowest BCUT2D eigenvalue weighted by molar-refractivity contribution is 0.117. The molecule has 0 aliphatic carbocycles. The van der Waals surface area contributed by atoms with Crippen LogP contribution in [0.1, 0.15) is 5.56 Å². The van der Waals surface area contributed by atoms with Gasteiger partial charge in [0.25, 0.3) is 0 Å². The van der Waals surface area contributed by atoms with Gasteiger partial charge in [-0.15, -0.1) is 0 Å². The smallest absolute Gasteiger partial charge is 0.147 e. The van der Waals surface area contributed by atoms with Gasteiger partial charge in [-0.3, -0.25) is 0 Å². The summed E-state index contributed by atoms with van der Waals surface area (Å²) in [5.74, 6) is 0.281. The fourth-order valence-corrected chi connectivity index (χ4v) is 1.98. The monoisotopic (exact) mass is 309 g/mol. The average Bonchev–Trinajstić information content (AvgIpc) is 2.45. The van der Waals surface area contributed by atoms with Crippen molar-refractivity contribution in [3.63, 3.8) is 0 Å². The minimum atomic E-state index is -0.750. The zero-order chi connectivity index (χ0) is 15.2. The van der Waals surface area contributed by atoms with E-state index in [0.29, 0.717) is 10.7 Å². The van der Waals surface area contributed by atoms with E-state index in [1.54, 1.807) is 6.07 Å². The number of hydrogen-bond acceptors (Lipinski definition) is 3. The van der Waals surface area contributed by atoms with E-state index < -0.39 is 11.9 Å². The van der Waals surface area contributed by atoms with E-state index >= 15 is 0 Å². The van der Waals surface area contributed by atoms with Gasteiger partial charge in [0.1, 0.15) is 24.3 Å². The highest BCUT2D eigenvalue weighted by Gasteiger charge is 2.08. The Bertz CT molecular complexity index is 607. The second-order valence-corrected chi connectivity index (χ2v) is 5.17. The molecule has 0 bridgehead atoms. The summed E-state index contributed by atoms with van der Waals surface area (Å²) < 4.78 is 19.1. The van der Waals surface area contributed by atoms with Crippen molar-refractivity contribution in [2.24, 2.45) is 0 Å². The Morgan fingerprint density at radius 2 is 2.05 bits per heavy atom. The largest absolute Gasteiger partial charge is 0.491 e. The summed E-state index contributed by atoms with van der Waals surface area (Å²) in [5.41, 5.74) is 1.30. The highest BCUT2D eigenvalue weighted by atomic mass is 35.5. The number of aliphatic hydroxyl groups excluding tert-OH is 1. The number of aliphatic hydroxyl groups is 1. The number of anilines is 1. The molecule has 0 amide bonds. The second kappa shape index (κ2) is 7.29. The SMILES string of the molecule is Cc1ccccc1OCC(O)CNc1ccc(Cl)cc1F. The second-order valence-electron chi connectivity index (χ2n) is 4.74. The maximum Gasteiger partial charge on any atom is 0.147 e. The van der Waals surface area contributed by atoms with Crippen molar-refractivity contribution < 1.29 is 14.2 Å². The Kier molecular flexibility index (Phi) is 5.42. The minimum Gasteiger partial charge on any atom is -0.491 e. The molecular weight excluding hydrogens is 293 g/mol. The van der Waals surface area contributed by atoms with E-state index in [9.17, 15) is 9.50 Å². The van der Waals surface area contributed by atoms with Crippen molar-refractivity contribution in [2.75, 3.05) is 18.5 Å². The van der Waals surface area contributed by atoms with Crippen LogP contribution in [-0.4, -0.2) is 24.4 Å². The number of ether oxygens (including phenoxy) is 1. The normalized spacial score (nSPS) is 12.0. The van der Waals surface area contributed by atoms with Gasteiger partial charge in [-0.25, -0.2) is 4.39 Å². The van der Waals surface area contributed by atoms with E-state index in [0.717, 1.165) is 11.3 Å². The summed E-state index contributed by atoms with van der Waals surface area (Å²) in [5, 5.41) is 13.0. The maximum absolute atomic E-state index is 13.5. The van der Waals surface area contributed by atoms with Crippen molar-refractivity contribution in [2.45, 2.75) is 13.0 Å². The van der Waals surface area contributed by atoms with E-state index in [1.807, 2.05) is 31.2 Å². The number of halogens is 2. The molecule has 2 N–H and O–H groups in total. The predicted octanol–water partition coefficient (Wildman–Crippen LogP) is 3.64. The van der Waals surface area contributed by atoms with Crippen LogP contribution in [0, 0.1) is 12.7 Å². The van der Waals surface area contributed by atoms with Crippen LogP contribution in [0.3, 0.4) is 0 Å². The molecule has 0 fully saturated rings. The molecule has 0 saturated heterocycles. The van der Waals surface area contributed by atoms with Crippen molar-refractivity contribution in [3.8, 4) is 5.75 Å². The molecule has 0 heterocycles. The molecule has 1 atom stereocenters. The van der Waals surface area contributed by atoms with Gasteiger partial charge >= 0.3 is 0 Å². The number of nitrogens with one attached hydrogen (secondary N) is 1. The zero-order valence-electron chi connectivity index (χ0n) is 11.6. The van der Waals surface area contributed by atoms with Crippen LogP contribution in [0.15, 0.2) is 42.5 Å². The van der Waals surface area contributed by atoms with Gasteiger partial charge in [0, 0.05) is 11.6 Å². The molecule has 2 rings (SSSR count). The number of para-hydroxylation sites is 1. The van der Waals surface area contributed by atoms with Gasteiger partial charge in [0.2, 0.25) is 0 Å². The lowest BCUT2D eigenvalue weighted by Gasteiger charge is -2.15. The molecule has 0 saturated carbocycles. The van der Waals surface area contributed by atoms with E-state index in [4.69, 9.17) is 16.3 Å². The Balaban J connectivity index is 1.82. The molecule has 112 valence electrons. The fourth-order valence-electron chi connectivity index (χ4n) is 1.82. The van der Waals surface area contributed by atoms with Crippen molar-refractivity contribution in [1.82, 2.24) is 0 Å². The first-order valence-electron chi connectivity index (χ1n) is 6.61. The third kappa shape index (κ3) is 4.62. The van der Waals surface area contributed by atoms with Crippen molar-refractivity contribution >= 4 is 17.3 Å². The lowest BCUT2D eigenvalue weighted by Crippen LogP contribution is -2.26. The third-order valence-corrected chi connectivity index (χ3v) is 3.22. The summed E-state index contributed by atoms with van der Waals surface area (Å²) in [4.78, 5) is 0. The fraction of sp³-hybridized carbons (Fsp3) is 0.250. The van der Waals surface area contributed by atoms with Crippen LogP contribution in [0.25, 0.3) is 0 Å². The molecular formula is C16H17ClFNO2. The Hall–Kier alpha value is -1.78. The van der Waals surface area contributed by atoms with Gasteiger partial charge in [-0.05, 0) is 36.8 Å². The van der Waals surface area contributed by atoms with E-state index in [-0.39, 0.29) is 13.2 Å². The highest BCUT2D eigenvalue weighted by Crippen LogP contribution is 2.19. The van der Waals surface area contributed by atoms with Crippen LogP contribution < -0.4 is 10.1 Å². The Morgan fingerprint density at radius 3 is 2.76 bits per heavy atom. The van der Waals surface area contributed by atoms with Gasteiger partial charge in [-0.1, -0.05) is 29.8 Å². The topological polar surface area (TPSA) is 41.5 Å². The molecule has 0 aliphatic heterocycles. The van der Waals surface area contributed by atoms with Crippen molar-refractivity contribution in [1.29, 1.82) is 0 Å². The number of rotatable bonds is 6. The highest BCUT2D eigenvalue weighted by molar-refractivity contribution is 6.30. The molecule has 0 aromatic heterocycles. The molecule has 2 aromatic rings. The van der Waals surface area contributed by atoms with Crippen LogP contribution >= 0.6 is 11.6 Å². The molecule has 0 spiro atoms. The standard InChI is InChI=1S/C16H17ClFNO2/c1-11-4-2-3-5-16(11)21-10-13(20)9-19-15-7-6-12(17)8-14(15)18/h2-8,13,19-20H,9-10H2,1H3. The Labute approximate surface area is 128 Å². The Morgan fingerprint density at radius 1 is 1.29 bits per heavy atom. The summed E-state index contributed by atoms with van der Waals surface area (Å²) >= 11 is 5.67. The first-order valence-corrected chi connectivity index (χ1v) is 6.99. The molecule has 5 heteroatoms. The minimum absolute atomic E-state index is 0.132. The zero-order valence-corrected chi connectivity index (χ0v) is 12.4. The summed E-state index contributed by atoms with van der Waals surface area (Å²) in [6, 6.07) is 11.9. The van der Waals surface area contributed by atoms with Crippen LogP contribution in [0.4, 0.5) is 10.1 Å².